The van der Waals surface area contributed by atoms with Crippen LogP contribution in [0, 0.1) is 0 Å². The highest BCUT2D eigenvalue weighted by Crippen LogP contribution is 2.31. The molecule has 7 nitrogen and oxygen atoms in total. The lowest BCUT2D eigenvalue weighted by Crippen LogP contribution is -2.33. The number of nitrogens with zero attached hydrogens (tertiary/aromatic N) is 2. The summed E-state index contributed by atoms with van der Waals surface area (Å²) in [6.45, 7) is -0.0383. The Kier molecular flexibility index (Phi) is 4.67. The molecule has 2 rings (SSSR count). The van der Waals surface area contributed by atoms with Crippen LogP contribution in [0.1, 0.15) is 10.4 Å². The predicted molar refractivity (Wildman–Crippen MR) is 81.2 cm³/mol. The minimum atomic E-state index is -1.19. The maximum Gasteiger partial charge on any atom is 0.343 e. The smallest absolute Gasteiger partial charge is 0.343 e. The molecule has 8 heteroatoms. The number of carbonyl (C=O) groups excluding carboxylic acids is 1. The monoisotopic (exact) mass is 323 g/mol. The van der Waals surface area contributed by atoms with E-state index in [4.69, 9.17) is 16.1 Å². The Hall–Kier alpha value is -2.54. The van der Waals surface area contributed by atoms with E-state index in [0.717, 1.165) is 0 Å². The Morgan fingerprint density at radius 2 is 2.00 bits per heavy atom. The van der Waals surface area contributed by atoms with Crippen LogP contribution in [0.4, 0.5) is 5.82 Å². The molecule has 2 N–H and O–H groups in total. The van der Waals surface area contributed by atoms with Gasteiger partial charge >= 0.3 is 5.97 Å². The van der Waals surface area contributed by atoms with Crippen molar-refractivity contribution in [3.8, 4) is 11.3 Å². The molecule has 1 aromatic carbocycles. The van der Waals surface area contributed by atoms with Gasteiger partial charge in [0.15, 0.2) is 17.1 Å². The first-order valence-corrected chi connectivity index (χ1v) is 6.72. The van der Waals surface area contributed by atoms with E-state index in [9.17, 15) is 14.7 Å². The highest BCUT2D eigenvalue weighted by atomic mass is 35.5. The molecule has 0 radical (unpaired) electrons. The van der Waals surface area contributed by atoms with Crippen molar-refractivity contribution in [3.05, 3.63) is 34.9 Å². The van der Waals surface area contributed by atoms with Crippen LogP contribution >= 0.6 is 11.6 Å². The first-order chi connectivity index (χ1) is 10.4. The molecule has 1 amide bonds. The first kappa shape index (κ1) is 15.8. The Bertz CT molecular complexity index is 697. The second kappa shape index (κ2) is 6.48. The summed E-state index contributed by atoms with van der Waals surface area (Å²) in [4.78, 5) is 24.4. The summed E-state index contributed by atoms with van der Waals surface area (Å²) in [5.74, 6) is -1.26. The number of aromatic nitrogens is 1. The van der Waals surface area contributed by atoms with Gasteiger partial charge in [0.1, 0.15) is 0 Å². The number of carbonyl (C=O) groups is 2. The maximum absolute atomic E-state index is 11.6. The van der Waals surface area contributed by atoms with Crippen LogP contribution in [-0.2, 0) is 4.79 Å². The van der Waals surface area contributed by atoms with Gasteiger partial charge in [0.2, 0.25) is 5.91 Å². The lowest BCUT2D eigenvalue weighted by Gasteiger charge is -2.15. The van der Waals surface area contributed by atoms with E-state index in [1.807, 2.05) is 0 Å². The molecule has 0 fully saturated rings. The molecule has 1 heterocycles. The van der Waals surface area contributed by atoms with Gasteiger partial charge in [-0.2, -0.15) is 0 Å². The van der Waals surface area contributed by atoms with Crippen LogP contribution < -0.4 is 10.2 Å². The van der Waals surface area contributed by atoms with Gasteiger partial charge in [0.05, 0.1) is 6.54 Å². The molecular weight excluding hydrogens is 310 g/mol. The number of aromatic carboxylic acids is 1. The van der Waals surface area contributed by atoms with Crippen molar-refractivity contribution in [2.24, 2.45) is 0 Å². The molecule has 0 unspecified atom stereocenters. The van der Waals surface area contributed by atoms with Crippen LogP contribution in [0.2, 0.25) is 5.02 Å². The highest BCUT2D eigenvalue weighted by Gasteiger charge is 2.26. The number of hydrogen-bond donors (Lipinski definition) is 2. The number of anilines is 1. The molecule has 0 aliphatic carbocycles. The van der Waals surface area contributed by atoms with Gasteiger partial charge in [-0.25, -0.2) is 4.79 Å². The van der Waals surface area contributed by atoms with Crippen LogP contribution in [-0.4, -0.2) is 42.8 Å². The van der Waals surface area contributed by atoms with E-state index in [1.54, 1.807) is 31.3 Å². The predicted octanol–water partition coefficient (Wildman–Crippen LogP) is 1.88. The number of nitrogens with one attached hydrogen (secondary N) is 1. The fourth-order valence-electron chi connectivity index (χ4n) is 1.90. The van der Waals surface area contributed by atoms with E-state index >= 15 is 0 Å². The fourth-order valence-corrected chi connectivity index (χ4v) is 2.03. The molecule has 2 aromatic rings. The summed E-state index contributed by atoms with van der Waals surface area (Å²) in [6.07, 6.45) is 0. The summed E-state index contributed by atoms with van der Waals surface area (Å²) in [7, 11) is 3.06. The van der Waals surface area contributed by atoms with Gasteiger partial charge in [-0.15, -0.1) is 0 Å². The third-order valence-corrected chi connectivity index (χ3v) is 3.27. The van der Waals surface area contributed by atoms with Crippen LogP contribution in [0.3, 0.4) is 0 Å². The maximum atomic E-state index is 11.6. The van der Waals surface area contributed by atoms with Crippen molar-refractivity contribution in [2.45, 2.75) is 0 Å². The second-order valence-corrected chi connectivity index (χ2v) is 4.99. The summed E-state index contributed by atoms with van der Waals surface area (Å²) < 4.78 is 5.17. The van der Waals surface area contributed by atoms with E-state index in [-0.39, 0.29) is 29.6 Å². The molecular formula is C14H14ClN3O4. The summed E-state index contributed by atoms with van der Waals surface area (Å²) in [5.41, 5.74) is 0.433. The number of hydrogen-bond acceptors (Lipinski definition) is 5. The normalized spacial score (nSPS) is 10.3. The molecule has 0 aliphatic rings. The quantitative estimate of drug-likeness (QED) is 0.872. The zero-order chi connectivity index (χ0) is 16.3. The summed E-state index contributed by atoms with van der Waals surface area (Å²) >= 11 is 5.82. The zero-order valence-corrected chi connectivity index (χ0v) is 12.7. The number of carboxylic acid groups (broad SMARTS) is 1. The Morgan fingerprint density at radius 3 is 2.55 bits per heavy atom. The topological polar surface area (TPSA) is 95.7 Å². The number of benzene rings is 1. The van der Waals surface area contributed by atoms with Crippen molar-refractivity contribution in [3.63, 3.8) is 0 Å². The van der Waals surface area contributed by atoms with Crippen molar-refractivity contribution in [1.29, 1.82) is 0 Å². The van der Waals surface area contributed by atoms with Gasteiger partial charge in [-0.3, -0.25) is 4.79 Å². The third kappa shape index (κ3) is 3.20. The minimum absolute atomic E-state index is 0.0383. The van der Waals surface area contributed by atoms with E-state index in [0.29, 0.717) is 10.6 Å². The molecule has 0 atom stereocenters. The van der Waals surface area contributed by atoms with Crippen molar-refractivity contribution < 1.29 is 19.2 Å². The van der Waals surface area contributed by atoms with Gasteiger partial charge in [0, 0.05) is 24.7 Å². The summed E-state index contributed by atoms with van der Waals surface area (Å²) in [6, 6.07) is 6.52. The van der Waals surface area contributed by atoms with Crippen molar-refractivity contribution >= 4 is 29.3 Å². The average molecular weight is 324 g/mol. The van der Waals surface area contributed by atoms with E-state index < -0.39 is 5.97 Å². The lowest BCUT2D eigenvalue weighted by atomic mass is 10.1. The third-order valence-electron chi connectivity index (χ3n) is 3.02. The Morgan fingerprint density at radius 1 is 1.36 bits per heavy atom. The van der Waals surface area contributed by atoms with Crippen molar-refractivity contribution in [2.75, 3.05) is 25.5 Å². The fraction of sp³-hybridized carbons (Fsp3) is 0.214. The van der Waals surface area contributed by atoms with Gasteiger partial charge in [-0.1, -0.05) is 16.8 Å². The van der Waals surface area contributed by atoms with Crippen LogP contribution in [0.15, 0.2) is 28.8 Å². The van der Waals surface area contributed by atoms with Crippen molar-refractivity contribution in [1.82, 2.24) is 10.5 Å². The van der Waals surface area contributed by atoms with E-state index in [2.05, 4.69) is 10.5 Å². The Balaban J connectivity index is 2.43. The largest absolute Gasteiger partial charge is 0.477 e. The number of halogens is 1. The molecule has 1 aromatic heterocycles. The van der Waals surface area contributed by atoms with Crippen LogP contribution in [0.25, 0.3) is 11.3 Å². The SMILES string of the molecule is CNC(=O)CN(C)c1noc(-c2ccc(Cl)cc2)c1C(=O)O. The average Bonchev–Trinajstić information content (AvgIpc) is 2.93. The molecule has 0 spiro atoms. The Labute approximate surface area is 131 Å². The molecule has 22 heavy (non-hydrogen) atoms. The number of amides is 1. The van der Waals surface area contributed by atoms with Gasteiger partial charge in [0.25, 0.3) is 0 Å². The molecule has 0 saturated carbocycles. The molecule has 116 valence electrons. The van der Waals surface area contributed by atoms with E-state index in [1.165, 1.54) is 11.9 Å². The lowest BCUT2D eigenvalue weighted by molar-refractivity contribution is -0.119. The summed E-state index contributed by atoms with van der Waals surface area (Å²) in [5, 5.41) is 16.2. The minimum Gasteiger partial charge on any atom is -0.477 e. The zero-order valence-electron chi connectivity index (χ0n) is 12.0. The number of carboxylic acids is 1. The molecule has 0 bridgehead atoms. The molecule has 0 aliphatic heterocycles. The van der Waals surface area contributed by atoms with Gasteiger partial charge in [-0.05, 0) is 24.3 Å². The number of likely N-dealkylation sites (N-methyl/N-ethyl adjacent to an activating group) is 2. The van der Waals surface area contributed by atoms with Crippen LogP contribution in [0.5, 0.6) is 0 Å². The first-order valence-electron chi connectivity index (χ1n) is 6.34. The number of rotatable bonds is 5. The highest BCUT2D eigenvalue weighted by molar-refractivity contribution is 6.30. The second-order valence-electron chi connectivity index (χ2n) is 4.55. The van der Waals surface area contributed by atoms with Gasteiger partial charge < -0.3 is 19.8 Å². The molecule has 0 saturated heterocycles. The standard InChI is InChI=1S/C14H14ClN3O4/c1-16-10(19)7-18(2)13-11(14(20)21)12(22-17-13)8-3-5-9(15)6-4-8/h3-6H,7H2,1-2H3,(H,16,19)(H,20,21).